The first-order valence-electron chi connectivity index (χ1n) is 4.96. The summed E-state index contributed by atoms with van der Waals surface area (Å²) in [6.45, 7) is 4.98. The minimum Gasteiger partial charge on any atom is -0.258 e. The average Bonchev–Trinajstić information content (AvgIpc) is 2.39. The Kier molecular flexibility index (Phi) is 2.52. The molecule has 1 aliphatic rings. The van der Waals surface area contributed by atoms with Crippen LogP contribution in [0, 0.1) is 5.92 Å². The van der Waals surface area contributed by atoms with E-state index in [-0.39, 0.29) is 0 Å². The summed E-state index contributed by atoms with van der Waals surface area (Å²) in [5, 5.41) is 0. The van der Waals surface area contributed by atoms with E-state index in [1.54, 1.807) is 18.3 Å². The van der Waals surface area contributed by atoms with E-state index in [0.29, 0.717) is 29.6 Å². The maximum atomic E-state index is 12.0. The standard InChI is InChI=1S/C10H14N2O2S/c1-8(2)6-12-7-9-10(15(12,13)14)4-3-5-11-9/h3-5,8H,6-7H2,1-2H3. The molecule has 0 radical (unpaired) electrons. The van der Waals surface area contributed by atoms with Gasteiger partial charge in [0.25, 0.3) is 0 Å². The number of fused-ring (bicyclic) bond motifs is 1. The molecule has 1 aromatic rings. The highest BCUT2D eigenvalue weighted by molar-refractivity contribution is 7.89. The molecule has 0 fully saturated rings. The molecule has 0 aliphatic carbocycles. The Morgan fingerprint density at radius 2 is 2.27 bits per heavy atom. The van der Waals surface area contributed by atoms with Crippen LogP contribution in [-0.2, 0) is 16.6 Å². The van der Waals surface area contributed by atoms with E-state index in [2.05, 4.69) is 4.98 Å². The predicted octanol–water partition coefficient (Wildman–Crippen LogP) is 1.24. The Balaban J connectivity index is 2.39. The van der Waals surface area contributed by atoms with E-state index in [1.807, 2.05) is 13.8 Å². The van der Waals surface area contributed by atoms with Crippen molar-refractivity contribution in [3.05, 3.63) is 24.0 Å². The molecule has 15 heavy (non-hydrogen) atoms. The van der Waals surface area contributed by atoms with Crippen LogP contribution in [-0.4, -0.2) is 24.3 Å². The van der Waals surface area contributed by atoms with Gasteiger partial charge in [-0.25, -0.2) is 8.42 Å². The highest BCUT2D eigenvalue weighted by atomic mass is 32.2. The number of hydrogen-bond acceptors (Lipinski definition) is 3. The smallest absolute Gasteiger partial charge is 0.245 e. The molecular weight excluding hydrogens is 212 g/mol. The third-order valence-electron chi connectivity index (χ3n) is 2.36. The van der Waals surface area contributed by atoms with Crippen molar-refractivity contribution in [2.24, 2.45) is 5.92 Å². The highest BCUT2D eigenvalue weighted by Gasteiger charge is 2.35. The van der Waals surface area contributed by atoms with Gasteiger partial charge in [-0.2, -0.15) is 4.31 Å². The minimum absolute atomic E-state index is 0.328. The summed E-state index contributed by atoms with van der Waals surface area (Å²) in [4.78, 5) is 4.46. The van der Waals surface area contributed by atoms with Crippen LogP contribution >= 0.6 is 0 Å². The monoisotopic (exact) mass is 226 g/mol. The summed E-state index contributed by atoms with van der Waals surface area (Å²) < 4.78 is 25.5. The first kappa shape index (κ1) is 10.6. The van der Waals surface area contributed by atoms with E-state index in [0.717, 1.165) is 0 Å². The lowest BCUT2D eigenvalue weighted by atomic mass is 10.2. The Morgan fingerprint density at radius 3 is 2.87 bits per heavy atom. The molecular formula is C10H14N2O2S. The lowest BCUT2D eigenvalue weighted by molar-refractivity contribution is 0.373. The van der Waals surface area contributed by atoms with Gasteiger partial charge in [-0.1, -0.05) is 13.8 Å². The second-order valence-electron chi connectivity index (χ2n) is 4.14. The molecule has 0 atom stereocenters. The van der Waals surface area contributed by atoms with Gasteiger partial charge in [0.2, 0.25) is 10.0 Å². The third kappa shape index (κ3) is 1.77. The minimum atomic E-state index is -3.27. The molecule has 0 saturated heterocycles. The summed E-state index contributed by atoms with van der Waals surface area (Å²) >= 11 is 0. The van der Waals surface area contributed by atoms with Crippen LogP contribution in [0.4, 0.5) is 0 Å². The number of sulfonamides is 1. The fourth-order valence-corrected chi connectivity index (χ4v) is 3.47. The van der Waals surface area contributed by atoms with Gasteiger partial charge >= 0.3 is 0 Å². The molecule has 4 nitrogen and oxygen atoms in total. The second-order valence-corrected chi connectivity index (χ2v) is 6.05. The third-order valence-corrected chi connectivity index (χ3v) is 4.25. The number of aromatic nitrogens is 1. The number of rotatable bonds is 2. The Morgan fingerprint density at radius 1 is 1.53 bits per heavy atom. The quantitative estimate of drug-likeness (QED) is 0.762. The van der Waals surface area contributed by atoms with Crippen molar-refractivity contribution in [3.8, 4) is 0 Å². The SMILES string of the molecule is CC(C)CN1Cc2ncccc2S1(=O)=O. The van der Waals surface area contributed by atoms with Gasteiger partial charge in [0.15, 0.2) is 0 Å². The zero-order valence-electron chi connectivity index (χ0n) is 8.84. The van der Waals surface area contributed by atoms with E-state index >= 15 is 0 Å². The molecule has 5 heteroatoms. The fraction of sp³-hybridized carbons (Fsp3) is 0.500. The molecule has 2 rings (SSSR count). The van der Waals surface area contributed by atoms with Crippen LogP contribution in [0.5, 0.6) is 0 Å². The predicted molar refractivity (Wildman–Crippen MR) is 56.7 cm³/mol. The lowest BCUT2D eigenvalue weighted by Crippen LogP contribution is -2.28. The van der Waals surface area contributed by atoms with Crippen molar-refractivity contribution >= 4 is 10.0 Å². The number of hydrogen-bond donors (Lipinski definition) is 0. The van der Waals surface area contributed by atoms with Crippen molar-refractivity contribution in [2.75, 3.05) is 6.54 Å². The summed E-state index contributed by atoms with van der Waals surface area (Å²) in [6, 6.07) is 3.28. The molecule has 0 aromatic carbocycles. The molecule has 82 valence electrons. The van der Waals surface area contributed by atoms with Crippen LogP contribution in [0.25, 0.3) is 0 Å². The Hall–Kier alpha value is -0.940. The van der Waals surface area contributed by atoms with Crippen LogP contribution in [0.15, 0.2) is 23.2 Å². The summed E-state index contributed by atoms with van der Waals surface area (Å²) in [7, 11) is -3.27. The summed E-state index contributed by atoms with van der Waals surface area (Å²) in [5.41, 5.74) is 0.665. The van der Waals surface area contributed by atoms with Crippen molar-refractivity contribution in [1.82, 2.24) is 9.29 Å². The largest absolute Gasteiger partial charge is 0.258 e. The van der Waals surface area contributed by atoms with Gasteiger partial charge in [0.05, 0.1) is 12.2 Å². The van der Waals surface area contributed by atoms with E-state index in [1.165, 1.54) is 4.31 Å². The van der Waals surface area contributed by atoms with E-state index in [4.69, 9.17) is 0 Å². The molecule has 1 aromatic heterocycles. The van der Waals surface area contributed by atoms with Crippen LogP contribution < -0.4 is 0 Å². The van der Waals surface area contributed by atoms with Crippen molar-refractivity contribution in [2.45, 2.75) is 25.3 Å². The van der Waals surface area contributed by atoms with Gasteiger partial charge in [0.1, 0.15) is 4.90 Å². The van der Waals surface area contributed by atoms with Gasteiger partial charge < -0.3 is 0 Å². The Bertz CT molecular complexity index is 468. The zero-order chi connectivity index (χ0) is 11.1. The van der Waals surface area contributed by atoms with Crippen molar-refractivity contribution in [3.63, 3.8) is 0 Å². The average molecular weight is 226 g/mol. The summed E-state index contributed by atoms with van der Waals surface area (Å²) in [6.07, 6.45) is 1.63. The van der Waals surface area contributed by atoms with Crippen LogP contribution in [0.1, 0.15) is 19.5 Å². The van der Waals surface area contributed by atoms with Crippen LogP contribution in [0.2, 0.25) is 0 Å². The van der Waals surface area contributed by atoms with Crippen LogP contribution in [0.3, 0.4) is 0 Å². The fourth-order valence-electron chi connectivity index (χ4n) is 1.74. The topological polar surface area (TPSA) is 50.3 Å². The molecule has 0 N–H and O–H groups in total. The molecule has 0 bridgehead atoms. The molecule has 0 saturated carbocycles. The first-order chi connectivity index (χ1) is 7.01. The first-order valence-corrected chi connectivity index (χ1v) is 6.40. The van der Waals surface area contributed by atoms with Crippen molar-refractivity contribution in [1.29, 1.82) is 0 Å². The zero-order valence-corrected chi connectivity index (χ0v) is 9.66. The maximum absolute atomic E-state index is 12.0. The van der Waals surface area contributed by atoms with Gasteiger partial charge in [-0.05, 0) is 18.1 Å². The van der Waals surface area contributed by atoms with E-state index in [9.17, 15) is 8.42 Å². The van der Waals surface area contributed by atoms with Crippen molar-refractivity contribution < 1.29 is 8.42 Å². The molecule has 0 spiro atoms. The number of pyridine rings is 1. The maximum Gasteiger partial charge on any atom is 0.245 e. The number of nitrogens with zero attached hydrogens (tertiary/aromatic N) is 2. The second kappa shape index (κ2) is 3.57. The summed E-state index contributed by atoms with van der Waals surface area (Å²) in [5.74, 6) is 0.328. The van der Waals surface area contributed by atoms with Gasteiger partial charge in [0, 0.05) is 12.7 Å². The van der Waals surface area contributed by atoms with E-state index < -0.39 is 10.0 Å². The molecule has 1 aliphatic heterocycles. The molecule has 0 unspecified atom stereocenters. The molecule has 0 amide bonds. The van der Waals surface area contributed by atoms with Gasteiger partial charge in [-0.3, -0.25) is 4.98 Å². The molecule has 2 heterocycles. The van der Waals surface area contributed by atoms with Gasteiger partial charge in [-0.15, -0.1) is 0 Å². The highest BCUT2D eigenvalue weighted by Crippen LogP contribution is 2.28. The Labute approximate surface area is 90.0 Å². The lowest BCUT2D eigenvalue weighted by Gasteiger charge is -2.16. The normalized spacial score (nSPS) is 19.4.